The second-order valence-corrected chi connectivity index (χ2v) is 4.76. The molecule has 0 saturated heterocycles. The van der Waals surface area contributed by atoms with Gasteiger partial charge in [0.15, 0.2) is 0 Å². The highest BCUT2D eigenvalue weighted by atomic mass is 35.5. The number of aromatic nitrogens is 2. The molecule has 1 N–H and O–H groups in total. The fourth-order valence-corrected chi connectivity index (χ4v) is 2.04. The number of aliphatic hydroxyl groups is 1. The number of hydrogen-bond acceptors (Lipinski definition) is 5. The minimum Gasteiger partial charge on any atom is -0.392 e. The van der Waals surface area contributed by atoms with Gasteiger partial charge in [0.1, 0.15) is 0 Å². The van der Waals surface area contributed by atoms with Gasteiger partial charge >= 0.3 is 0 Å². The van der Waals surface area contributed by atoms with Crippen molar-refractivity contribution >= 4 is 23.2 Å². The Balaban J connectivity index is 2.19. The molecule has 19 heavy (non-hydrogen) atoms. The molecule has 98 valence electrons. The van der Waals surface area contributed by atoms with E-state index < -0.39 is 6.10 Å². The van der Waals surface area contributed by atoms with Crippen LogP contribution in [-0.2, 0) is 6.42 Å². The summed E-state index contributed by atoms with van der Waals surface area (Å²) in [6, 6.07) is 6.79. The molecule has 0 aliphatic carbocycles. The van der Waals surface area contributed by atoms with Crippen molar-refractivity contribution in [1.82, 2.24) is 10.1 Å². The molecule has 0 fully saturated rings. The molecule has 1 aromatic heterocycles. The molecule has 0 radical (unpaired) electrons. The Morgan fingerprint density at radius 2 is 2.00 bits per heavy atom. The van der Waals surface area contributed by atoms with Gasteiger partial charge in [0, 0.05) is 15.6 Å². The van der Waals surface area contributed by atoms with Gasteiger partial charge in [-0.2, -0.15) is 10.2 Å². The number of nitriles is 1. The molecule has 1 aromatic carbocycles. The minimum atomic E-state index is -0.818. The van der Waals surface area contributed by atoms with E-state index in [0.29, 0.717) is 21.4 Å². The van der Waals surface area contributed by atoms with E-state index >= 15 is 0 Å². The van der Waals surface area contributed by atoms with Crippen molar-refractivity contribution in [2.24, 2.45) is 0 Å². The summed E-state index contributed by atoms with van der Waals surface area (Å²) in [5.41, 5.74) is 0.627. The van der Waals surface area contributed by atoms with Gasteiger partial charge in [-0.25, -0.2) is 0 Å². The van der Waals surface area contributed by atoms with Crippen LogP contribution in [0.3, 0.4) is 0 Å². The number of rotatable bonds is 4. The van der Waals surface area contributed by atoms with Crippen molar-refractivity contribution in [2.45, 2.75) is 18.9 Å². The molecule has 0 saturated carbocycles. The van der Waals surface area contributed by atoms with E-state index in [4.69, 9.17) is 33.0 Å². The lowest BCUT2D eigenvalue weighted by Gasteiger charge is -2.00. The fourth-order valence-electron chi connectivity index (χ4n) is 1.52. The number of nitrogens with zero attached hydrogens (tertiary/aromatic N) is 3. The molecule has 0 amide bonds. The average molecular weight is 298 g/mol. The Morgan fingerprint density at radius 3 is 2.63 bits per heavy atom. The summed E-state index contributed by atoms with van der Waals surface area (Å²) in [4.78, 5) is 4.12. The molecule has 1 atom stereocenters. The van der Waals surface area contributed by atoms with Crippen LogP contribution in [0.5, 0.6) is 0 Å². The third kappa shape index (κ3) is 3.67. The number of benzene rings is 1. The molecular weight excluding hydrogens is 289 g/mol. The molecule has 0 aliphatic heterocycles. The normalized spacial score (nSPS) is 12.1. The Hall–Kier alpha value is -1.61. The van der Waals surface area contributed by atoms with E-state index in [-0.39, 0.29) is 18.7 Å². The Kier molecular flexibility index (Phi) is 4.38. The zero-order chi connectivity index (χ0) is 13.8. The first-order valence-electron chi connectivity index (χ1n) is 5.42. The maximum absolute atomic E-state index is 9.48. The third-order valence-electron chi connectivity index (χ3n) is 2.33. The van der Waals surface area contributed by atoms with Crippen molar-refractivity contribution < 1.29 is 9.63 Å². The Labute approximate surface area is 119 Å². The molecule has 1 unspecified atom stereocenters. The first-order valence-corrected chi connectivity index (χ1v) is 6.18. The van der Waals surface area contributed by atoms with Gasteiger partial charge in [-0.3, -0.25) is 0 Å². The number of aliphatic hydroxyl groups excluding tert-OH is 1. The minimum absolute atomic E-state index is 0.0146. The summed E-state index contributed by atoms with van der Waals surface area (Å²) >= 11 is 11.8. The lowest BCUT2D eigenvalue weighted by atomic mass is 10.2. The summed E-state index contributed by atoms with van der Waals surface area (Å²) in [6.07, 6.45) is -0.670. The summed E-state index contributed by atoms with van der Waals surface area (Å²) in [7, 11) is 0. The van der Waals surface area contributed by atoms with Gasteiger partial charge in [0.25, 0.3) is 0 Å². The van der Waals surface area contributed by atoms with E-state index in [1.807, 2.05) is 6.07 Å². The van der Waals surface area contributed by atoms with Gasteiger partial charge in [-0.05, 0) is 18.2 Å². The van der Waals surface area contributed by atoms with Crippen molar-refractivity contribution in [1.29, 1.82) is 5.26 Å². The summed E-state index contributed by atoms with van der Waals surface area (Å²) in [5.74, 6) is 0.595. The third-order valence-corrected chi connectivity index (χ3v) is 2.76. The van der Waals surface area contributed by atoms with Crippen LogP contribution < -0.4 is 0 Å². The maximum Gasteiger partial charge on any atom is 0.229 e. The highest BCUT2D eigenvalue weighted by molar-refractivity contribution is 6.35. The molecule has 0 spiro atoms. The summed E-state index contributed by atoms with van der Waals surface area (Å²) in [5, 5.41) is 22.7. The molecule has 2 rings (SSSR count). The van der Waals surface area contributed by atoms with Crippen LogP contribution in [0.2, 0.25) is 10.0 Å². The summed E-state index contributed by atoms with van der Waals surface area (Å²) in [6.45, 7) is 0. The van der Waals surface area contributed by atoms with Gasteiger partial charge in [0.05, 0.1) is 25.0 Å². The zero-order valence-electron chi connectivity index (χ0n) is 9.68. The van der Waals surface area contributed by atoms with Gasteiger partial charge in [-0.15, -0.1) is 0 Å². The lowest BCUT2D eigenvalue weighted by Crippen LogP contribution is -2.09. The van der Waals surface area contributed by atoms with E-state index in [1.165, 1.54) is 0 Å². The van der Waals surface area contributed by atoms with E-state index in [0.717, 1.165) is 0 Å². The molecule has 5 nitrogen and oxygen atoms in total. The molecule has 1 heterocycles. The molecule has 2 aromatic rings. The highest BCUT2D eigenvalue weighted by Gasteiger charge is 2.13. The second kappa shape index (κ2) is 6.02. The monoisotopic (exact) mass is 297 g/mol. The largest absolute Gasteiger partial charge is 0.392 e. The smallest absolute Gasteiger partial charge is 0.229 e. The van der Waals surface area contributed by atoms with Crippen LogP contribution in [-0.4, -0.2) is 21.4 Å². The van der Waals surface area contributed by atoms with Crippen LogP contribution in [0, 0.1) is 11.3 Å². The lowest BCUT2D eigenvalue weighted by molar-refractivity contribution is 0.167. The first-order chi connectivity index (χ1) is 9.08. The van der Waals surface area contributed by atoms with Crippen molar-refractivity contribution in [2.75, 3.05) is 0 Å². The van der Waals surface area contributed by atoms with Crippen LogP contribution in [0.15, 0.2) is 22.7 Å². The van der Waals surface area contributed by atoms with Crippen LogP contribution in [0.25, 0.3) is 11.4 Å². The molecule has 7 heteroatoms. The SMILES string of the molecule is N#CCC(O)Cc1nc(-c2cc(Cl)cc(Cl)c2)no1. The van der Waals surface area contributed by atoms with Crippen LogP contribution in [0.4, 0.5) is 0 Å². The predicted molar refractivity (Wildman–Crippen MR) is 69.7 cm³/mol. The second-order valence-electron chi connectivity index (χ2n) is 3.89. The van der Waals surface area contributed by atoms with Crippen molar-refractivity contribution in [3.8, 4) is 17.5 Å². The van der Waals surface area contributed by atoms with Crippen molar-refractivity contribution in [3.63, 3.8) is 0 Å². The van der Waals surface area contributed by atoms with Gasteiger partial charge in [0.2, 0.25) is 11.7 Å². The molecular formula is C12H9Cl2N3O2. The van der Waals surface area contributed by atoms with Gasteiger partial charge < -0.3 is 9.63 Å². The average Bonchev–Trinajstić information content (AvgIpc) is 2.76. The van der Waals surface area contributed by atoms with Gasteiger partial charge in [-0.1, -0.05) is 28.4 Å². The van der Waals surface area contributed by atoms with E-state index in [2.05, 4.69) is 10.1 Å². The summed E-state index contributed by atoms with van der Waals surface area (Å²) < 4.78 is 5.00. The Bertz CT molecular complexity index is 601. The highest BCUT2D eigenvalue weighted by Crippen LogP contribution is 2.25. The maximum atomic E-state index is 9.48. The number of halogens is 2. The first kappa shape index (κ1) is 13.8. The quantitative estimate of drug-likeness (QED) is 0.938. The van der Waals surface area contributed by atoms with Crippen LogP contribution in [0.1, 0.15) is 12.3 Å². The van der Waals surface area contributed by atoms with E-state index in [1.54, 1.807) is 18.2 Å². The number of hydrogen-bond donors (Lipinski definition) is 1. The molecule has 0 aliphatic rings. The topological polar surface area (TPSA) is 82.9 Å². The Morgan fingerprint density at radius 1 is 1.32 bits per heavy atom. The van der Waals surface area contributed by atoms with E-state index in [9.17, 15) is 5.11 Å². The zero-order valence-corrected chi connectivity index (χ0v) is 11.2. The van der Waals surface area contributed by atoms with Crippen LogP contribution >= 0.6 is 23.2 Å². The fraction of sp³-hybridized carbons (Fsp3) is 0.250. The molecule has 0 bridgehead atoms. The predicted octanol–water partition coefficient (Wildman–Crippen LogP) is 2.86. The standard InChI is InChI=1S/C12H9Cl2N3O2/c13-8-3-7(4-9(14)5-8)12-16-11(19-17-12)6-10(18)1-2-15/h3-5,10,18H,1,6H2. The van der Waals surface area contributed by atoms with Crippen molar-refractivity contribution in [3.05, 3.63) is 34.1 Å².